The van der Waals surface area contributed by atoms with Crippen molar-refractivity contribution in [2.75, 3.05) is 0 Å². The van der Waals surface area contributed by atoms with E-state index in [4.69, 9.17) is 4.74 Å². The Morgan fingerprint density at radius 3 is 2.52 bits per heavy atom. The molecule has 0 bridgehead atoms. The van der Waals surface area contributed by atoms with Gasteiger partial charge in [0.05, 0.1) is 11.5 Å². The van der Waals surface area contributed by atoms with Crippen molar-refractivity contribution in [2.24, 2.45) is 17.3 Å². The monoisotopic (exact) mass is 326 g/mol. The first kappa shape index (κ1) is 14.8. The summed E-state index contributed by atoms with van der Waals surface area (Å²) in [6.07, 6.45) is 2.25. The molecule has 2 heterocycles. The maximum atomic E-state index is 12.2. The second-order valence-corrected chi connectivity index (χ2v) is 8.20. The van der Waals surface area contributed by atoms with E-state index < -0.39 is 11.9 Å². The van der Waals surface area contributed by atoms with E-state index in [0.717, 1.165) is 5.57 Å². The quantitative estimate of drug-likeness (QED) is 0.581. The third kappa shape index (κ3) is 1.97. The fraction of sp³-hybridized carbons (Fsp3) is 0.368. The first-order valence-electron chi connectivity index (χ1n) is 7.82. The predicted octanol–water partition coefficient (Wildman–Crippen LogP) is 3.82. The van der Waals surface area contributed by atoms with Crippen LogP contribution in [-0.2, 0) is 14.3 Å². The minimum Gasteiger partial charge on any atom is -0.389 e. The van der Waals surface area contributed by atoms with E-state index in [1.165, 1.54) is 10.5 Å². The van der Waals surface area contributed by atoms with Gasteiger partial charge in [-0.2, -0.15) is 0 Å². The van der Waals surface area contributed by atoms with Crippen molar-refractivity contribution >= 4 is 28.6 Å². The lowest BCUT2D eigenvalue weighted by Crippen LogP contribution is -2.44. The molecule has 23 heavy (non-hydrogen) atoms. The number of benzene rings is 1. The van der Waals surface area contributed by atoms with Crippen LogP contribution < -0.4 is 0 Å². The van der Waals surface area contributed by atoms with Gasteiger partial charge >= 0.3 is 11.9 Å². The Bertz CT molecular complexity index is 773. The number of hydrogen-bond acceptors (Lipinski definition) is 4. The largest absolute Gasteiger partial charge is 0.389 e. The van der Waals surface area contributed by atoms with Crippen LogP contribution in [0.5, 0.6) is 0 Å². The summed E-state index contributed by atoms with van der Waals surface area (Å²) in [5, 5.41) is 0.241. The molecule has 1 aliphatic carbocycles. The van der Waals surface area contributed by atoms with Crippen molar-refractivity contribution < 1.29 is 14.3 Å². The molecule has 0 amide bonds. The Hall–Kier alpha value is -1.81. The van der Waals surface area contributed by atoms with Crippen LogP contribution in [0.1, 0.15) is 26.3 Å². The van der Waals surface area contributed by atoms with Crippen molar-refractivity contribution in [1.29, 1.82) is 0 Å². The molecule has 118 valence electrons. The van der Waals surface area contributed by atoms with E-state index in [2.05, 4.69) is 32.1 Å². The Labute approximate surface area is 139 Å². The minimum absolute atomic E-state index is 0.176. The van der Waals surface area contributed by atoms with Crippen LogP contribution in [0.25, 0.3) is 4.91 Å². The van der Waals surface area contributed by atoms with E-state index in [1.54, 1.807) is 0 Å². The number of esters is 2. The van der Waals surface area contributed by atoms with Crippen LogP contribution in [-0.4, -0.2) is 17.2 Å². The number of hydrogen-bond donors (Lipinski definition) is 0. The van der Waals surface area contributed by atoms with E-state index in [-0.39, 0.29) is 22.6 Å². The molecule has 0 spiro atoms. The molecule has 1 aromatic carbocycles. The summed E-state index contributed by atoms with van der Waals surface area (Å²) in [6, 6.07) is 10.3. The topological polar surface area (TPSA) is 43.4 Å². The molecule has 4 heteroatoms. The summed E-state index contributed by atoms with van der Waals surface area (Å²) in [7, 11) is 0. The number of cyclic esters (lactones) is 2. The highest BCUT2D eigenvalue weighted by atomic mass is 32.2. The smallest absolute Gasteiger partial charge is 0.342 e. The molecule has 1 fully saturated rings. The van der Waals surface area contributed by atoms with Crippen molar-refractivity contribution in [1.82, 2.24) is 0 Å². The van der Waals surface area contributed by atoms with Crippen molar-refractivity contribution in [3.05, 3.63) is 53.1 Å². The lowest BCUT2D eigenvalue weighted by atomic mass is 9.63. The van der Waals surface area contributed by atoms with Crippen LogP contribution in [0.3, 0.4) is 0 Å². The zero-order valence-electron chi connectivity index (χ0n) is 13.3. The summed E-state index contributed by atoms with van der Waals surface area (Å²) in [4.78, 5) is 25.6. The molecule has 1 aromatic rings. The average Bonchev–Trinajstić information content (AvgIpc) is 3.09. The number of rotatable bonds is 1. The van der Waals surface area contributed by atoms with Gasteiger partial charge in [-0.05, 0) is 17.9 Å². The molecular formula is C19H18O3S. The van der Waals surface area contributed by atoms with E-state index >= 15 is 0 Å². The minimum atomic E-state index is -0.449. The highest BCUT2D eigenvalue weighted by molar-refractivity contribution is 8.09. The second-order valence-electron chi connectivity index (χ2n) is 7.02. The SMILES string of the molecule is CC1=C2C(=O)OC(=O)C2C(C)(C)C2SC(c3ccccc3)=CC12. The first-order chi connectivity index (χ1) is 10.9. The van der Waals surface area contributed by atoms with Gasteiger partial charge in [-0.1, -0.05) is 55.8 Å². The van der Waals surface area contributed by atoms with Gasteiger partial charge in [0, 0.05) is 16.1 Å². The zero-order chi connectivity index (χ0) is 16.4. The first-order valence-corrected chi connectivity index (χ1v) is 8.70. The second kappa shape index (κ2) is 4.84. The van der Waals surface area contributed by atoms with Gasteiger partial charge in [0.1, 0.15) is 0 Å². The third-order valence-electron chi connectivity index (χ3n) is 5.31. The molecule has 2 aliphatic heterocycles. The van der Waals surface area contributed by atoms with Gasteiger partial charge in [0.25, 0.3) is 0 Å². The maximum Gasteiger partial charge on any atom is 0.342 e. The fourth-order valence-electron chi connectivity index (χ4n) is 4.08. The molecular weight excluding hydrogens is 308 g/mol. The number of fused-ring (bicyclic) bond motifs is 2. The van der Waals surface area contributed by atoms with Gasteiger partial charge in [-0.25, -0.2) is 4.79 Å². The van der Waals surface area contributed by atoms with Gasteiger partial charge in [0.15, 0.2) is 0 Å². The van der Waals surface area contributed by atoms with Crippen LogP contribution >= 0.6 is 11.8 Å². The number of ether oxygens (including phenoxy) is 1. The average molecular weight is 326 g/mol. The summed E-state index contributed by atoms with van der Waals surface area (Å²) < 4.78 is 4.93. The Morgan fingerprint density at radius 2 is 1.83 bits per heavy atom. The lowest BCUT2D eigenvalue weighted by Gasteiger charge is -2.43. The van der Waals surface area contributed by atoms with Crippen LogP contribution in [0.2, 0.25) is 0 Å². The summed E-state index contributed by atoms with van der Waals surface area (Å²) in [5.41, 5.74) is 2.46. The lowest BCUT2D eigenvalue weighted by molar-refractivity contribution is -0.153. The zero-order valence-corrected chi connectivity index (χ0v) is 14.1. The molecule has 0 aromatic heterocycles. The van der Waals surface area contributed by atoms with E-state index in [0.29, 0.717) is 5.57 Å². The van der Waals surface area contributed by atoms with E-state index in [9.17, 15) is 9.59 Å². The van der Waals surface area contributed by atoms with Gasteiger partial charge in [-0.3, -0.25) is 4.79 Å². The molecule has 0 saturated carbocycles. The van der Waals surface area contributed by atoms with Gasteiger partial charge in [-0.15, -0.1) is 11.8 Å². The fourth-order valence-corrected chi connectivity index (χ4v) is 5.72. The molecule has 0 radical (unpaired) electrons. The van der Waals surface area contributed by atoms with Crippen molar-refractivity contribution in [3.8, 4) is 0 Å². The van der Waals surface area contributed by atoms with Crippen LogP contribution in [0.4, 0.5) is 0 Å². The third-order valence-corrected chi connectivity index (χ3v) is 7.09. The highest BCUT2D eigenvalue weighted by Crippen LogP contribution is 2.60. The number of thioether (sulfide) groups is 1. The van der Waals surface area contributed by atoms with E-state index in [1.807, 2.05) is 36.9 Å². The molecule has 3 nitrogen and oxygen atoms in total. The van der Waals surface area contributed by atoms with Crippen LogP contribution in [0, 0.1) is 17.3 Å². The predicted molar refractivity (Wildman–Crippen MR) is 90.4 cm³/mol. The summed E-state index contributed by atoms with van der Waals surface area (Å²) >= 11 is 1.82. The van der Waals surface area contributed by atoms with Gasteiger partial charge < -0.3 is 4.74 Å². The molecule has 0 N–H and O–H groups in total. The van der Waals surface area contributed by atoms with Crippen LogP contribution in [0.15, 0.2) is 47.6 Å². The molecule has 3 atom stereocenters. The Balaban J connectivity index is 1.82. The summed E-state index contributed by atoms with van der Waals surface area (Å²) in [6.45, 7) is 6.13. The Kier molecular flexibility index (Phi) is 3.11. The molecule has 3 aliphatic rings. The summed E-state index contributed by atoms with van der Waals surface area (Å²) in [5.74, 6) is -1.10. The number of allylic oxidation sites excluding steroid dienone is 2. The normalized spacial score (nSPS) is 31.6. The van der Waals surface area contributed by atoms with Crippen molar-refractivity contribution in [2.45, 2.75) is 26.0 Å². The molecule has 4 rings (SSSR count). The standard InChI is InChI=1S/C19H18O3S/c1-10-12-9-13(11-7-5-4-6-8-11)23-16(12)19(2,3)15-14(10)17(20)22-18(15)21/h4-9,12,15-16H,1-3H3. The molecule has 1 saturated heterocycles. The molecule has 3 unspecified atom stereocenters. The highest BCUT2D eigenvalue weighted by Gasteiger charge is 2.58. The Morgan fingerprint density at radius 1 is 1.13 bits per heavy atom. The van der Waals surface area contributed by atoms with Crippen molar-refractivity contribution in [3.63, 3.8) is 0 Å². The van der Waals surface area contributed by atoms with Gasteiger partial charge in [0.2, 0.25) is 0 Å². The number of carbonyl (C=O) groups is 2. The number of carbonyl (C=O) groups excluding carboxylic acids is 2. The maximum absolute atomic E-state index is 12.2.